The molecular weight excluding hydrogens is 200 g/mol. The minimum atomic E-state index is -0.620. The van der Waals surface area contributed by atoms with Gasteiger partial charge in [0.25, 0.3) is 0 Å². The molecule has 0 amide bonds. The van der Waals surface area contributed by atoms with Gasteiger partial charge in [0.15, 0.2) is 5.78 Å². The van der Waals surface area contributed by atoms with E-state index in [1.807, 2.05) is 0 Å². The monoisotopic (exact) mass is 210 g/mol. The predicted octanol–water partition coefficient (Wildman–Crippen LogP) is 1.39. The molecule has 0 fully saturated rings. The highest BCUT2D eigenvalue weighted by molar-refractivity contribution is 6.03. The van der Waals surface area contributed by atoms with Crippen LogP contribution in [0.4, 0.5) is 11.4 Å². The number of nitrogens with zero attached hydrogens (tertiary/aromatic N) is 1. The maximum atomic E-state index is 11.2. The highest BCUT2D eigenvalue weighted by atomic mass is 16.6. The van der Waals surface area contributed by atoms with Crippen LogP contribution in [0, 0.1) is 10.1 Å². The average molecular weight is 210 g/mol. The standard InChI is InChI=1S/C9H10N2O4/c1-5(12)8-6(10)3-4-7(11(13)14)9(8)15-2/h3-4H,10H2,1-2H3. The predicted molar refractivity (Wildman–Crippen MR) is 54.1 cm³/mol. The molecule has 0 atom stereocenters. The van der Waals surface area contributed by atoms with Crippen molar-refractivity contribution in [1.82, 2.24) is 0 Å². The number of nitrogen functional groups attached to an aromatic ring is 1. The number of rotatable bonds is 3. The zero-order chi connectivity index (χ0) is 11.6. The van der Waals surface area contributed by atoms with Crippen molar-refractivity contribution in [2.75, 3.05) is 12.8 Å². The number of anilines is 1. The van der Waals surface area contributed by atoms with Gasteiger partial charge in [0.05, 0.1) is 17.6 Å². The van der Waals surface area contributed by atoms with Crippen molar-refractivity contribution in [2.45, 2.75) is 6.92 Å². The van der Waals surface area contributed by atoms with Gasteiger partial charge in [-0.15, -0.1) is 0 Å². The molecule has 0 heterocycles. The molecule has 0 saturated carbocycles. The third kappa shape index (κ3) is 1.88. The number of carbonyl (C=O) groups excluding carboxylic acids is 1. The molecule has 0 spiro atoms. The number of hydrogen-bond donors (Lipinski definition) is 1. The SMILES string of the molecule is COc1c([N+](=O)[O-])ccc(N)c1C(C)=O. The zero-order valence-corrected chi connectivity index (χ0v) is 8.31. The van der Waals surface area contributed by atoms with Crippen LogP contribution >= 0.6 is 0 Å². The van der Waals surface area contributed by atoms with Crippen LogP contribution in [-0.2, 0) is 0 Å². The van der Waals surface area contributed by atoms with Gasteiger partial charge < -0.3 is 10.5 Å². The fourth-order valence-corrected chi connectivity index (χ4v) is 1.30. The lowest BCUT2D eigenvalue weighted by Gasteiger charge is -2.08. The molecule has 80 valence electrons. The second-order valence-corrected chi connectivity index (χ2v) is 2.90. The van der Waals surface area contributed by atoms with Crippen LogP contribution in [0.5, 0.6) is 5.75 Å². The van der Waals surface area contributed by atoms with E-state index >= 15 is 0 Å². The Morgan fingerprint density at radius 3 is 2.53 bits per heavy atom. The van der Waals surface area contributed by atoms with Gasteiger partial charge in [-0.25, -0.2) is 0 Å². The summed E-state index contributed by atoms with van der Waals surface area (Å²) in [6.07, 6.45) is 0. The smallest absolute Gasteiger partial charge is 0.311 e. The van der Waals surface area contributed by atoms with Crippen molar-refractivity contribution in [3.05, 3.63) is 27.8 Å². The summed E-state index contributed by atoms with van der Waals surface area (Å²) in [6, 6.07) is 2.53. The molecule has 6 heteroatoms. The maximum Gasteiger partial charge on any atom is 0.311 e. The summed E-state index contributed by atoms with van der Waals surface area (Å²) in [5, 5.41) is 10.6. The van der Waals surface area contributed by atoms with Crippen LogP contribution in [0.15, 0.2) is 12.1 Å². The fraction of sp³-hybridized carbons (Fsp3) is 0.222. The molecule has 1 aromatic carbocycles. The van der Waals surface area contributed by atoms with E-state index in [0.717, 1.165) is 0 Å². The Balaban J connectivity index is 3.54. The second kappa shape index (κ2) is 3.95. The Kier molecular flexibility index (Phi) is 2.89. The Labute approximate surface area is 85.8 Å². The van der Waals surface area contributed by atoms with Crippen LogP contribution in [0.2, 0.25) is 0 Å². The average Bonchev–Trinajstić information content (AvgIpc) is 2.15. The molecule has 6 nitrogen and oxygen atoms in total. The van der Waals surface area contributed by atoms with Crippen LogP contribution in [0.25, 0.3) is 0 Å². The van der Waals surface area contributed by atoms with Crippen LogP contribution in [-0.4, -0.2) is 17.8 Å². The fourth-order valence-electron chi connectivity index (χ4n) is 1.30. The number of ketones is 1. The first-order valence-electron chi connectivity index (χ1n) is 4.10. The summed E-state index contributed by atoms with van der Waals surface area (Å²) >= 11 is 0. The summed E-state index contributed by atoms with van der Waals surface area (Å²) in [5.74, 6) is -0.458. The molecule has 0 unspecified atom stereocenters. The number of Topliss-reactive ketones (excluding diaryl/α,β-unsaturated/α-hetero) is 1. The molecule has 0 aliphatic heterocycles. The van der Waals surface area contributed by atoms with Gasteiger partial charge in [0.1, 0.15) is 0 Å². The summed E-state index contributed by atoms with van der Waals surface area (Å²) < 4.78 is 4.84. The van der Waals surface area contributed by atoms with Crippen molar-refractivity contribution < 1.29 is 14.5 Å². The van der Waals surface area contributed by atoms with E-state index in [1.165, 1.54) is 26.2 Å². The molecule has 0 aliphatic rings. The van der Waals surface area contributed by atoms with E-state index < -0.39 is 4.92 Å². The van der Waals surface area contributed by atoms with Gasteiger partial charge in [-0.2, -0.15) is 0 Å². The van der Waals surface area contributed by atoms with Crippen LogP contribution in [0.1, 0.15) is 17.3 Å². The van der Waals surface area contributed by atoms with Gasteiger partial charge in [-0.3, -0.25) is 14.9 Å². The van der Waals surface area contributed by atoms with Gasteiger partial charge in [-0.05, 0) is 13.0 Å². The second-order valence-electron chi connectivity index (χ2n) is 2.90. The number of benzene rings is 1. The summed E-state index contributed by atoms with van der Waals surface area (Å²) in [7, 11) is 1.26. The topological polar surface area (TPSA) is 95.5 Å². The normalized spacial score (nSPS) is 9.73. The van der Waals surface area contributed by atoms with E-state index in [9.17, 15) is 14.9 Å². The highest BCUT2D eigenvalue weighted by Crippen LogP contribution is 2.34. The van der Waals surface area contributed by atoms with E-state index in [-0.39, 0.29) is 28.5 Å². The molecule has 1 aromatic rings. The largest absolute Gasteiger partial charge is 0.490 e. The first-order chi connectivity index (χ1) is 6.99. The molecule has 0 aromatic heterocycles. The molecule has 0 bridgehead atoms. The van der Waals surface area contributed by atoms with E-state index in [4.69, 9.17) is 10.5 Å². The maximum absolute atomic E-state index is 11.2. The van der Waals surface area contributed by atoms with E-state index in [1.54, 1.807) is 0 Å². The Bertz CT molecular complexity index is 428. The number of nitro groups is 1. The number of carbonyl (C=O) groups is 1. The van der Waals surface area contributed by atoms with Gasteiger partial charge >= 0.3 is 5.69 Å². The third-order valence-electron chi connectivity index (χ3n) is 1.92. The third-order valence-corrected chi connectivity index (χ3v) is 1.92. The van der Waals surface area contributed by atoms with Crippen molar-refractivity contribution in [3.63, 3.8) is 0 Å². The molecule has 0 radical (unpaired) electrons. The van der Waals surface area contributed by atoms with Crippen LogP contribution < -0.4 is 10.5 Å². The Hall–Kier alpha value is -2.11. The lowest BCUT2D eigenvalue weighted by Crippen LogP contribution is -2.05. The summed E-state index contributed by atoms with van der Waals surface area (Å²) in [6.45, 7) is 1.28. The van der Waals surface area contributed by atoms with E-state index in [2.05, 4.69) is 0 Å². The van der Waals surface area contributed by atoms with E-state index in [0.29, 0.717) is 0 Å². The van der Waals surface area contributed by atoms with Crippen molar-refractivity contribution in [1.29, 1.82) is 0 Å². The lowest BCUT2D eigenvalue weighted by atomic mass is 10.1. The summed E-state index contributed by atoms with van der Waals surface area (Å²) in [4.78, 5) is 21.3. The van der Waals surface area contributed by atoms with Crippen molar-refractivity contribution >= 4 is 17.2 Å². The van der Waals surface area contributed by atoms with Gasteiger partial charge in [0, 0.05) is 11.8 Å². The number of nitro benzene ring substituents is 1. The van der Waals surface area contributed by atoms with Crippen molar-refractivity contribution in [2.24, 2.45) is 0 Å². The molecule has 15 heavy (non-hydrogen) atoms. The number of methoxy groups -OCH3 is 1. The number of ether oxygens (including phenoxy) is 1. The zero-order valence-electron chi connectivity index (χ0n) is 8.31. The lowest BCUT2D eigenvalue weighted by molar-refractivity contribution is -0.385. The Morgan fingerprint density at radius 2 is 2.13 bits per heavy atom. The summed E-state index contributed by atoms with van der Waals surface area (Å²) in [5.41, 5.74) is 5.50. The first kappa shape index (κ1) is 11.0. The number of hydrogen-bond acceptors (Lipinski definition) is 5. The molecule has 1 rings (SSSR count). The Morgan fingerprint density at radius 1 is 1.53 bits per heavy atom. The highest BCUT2D eigenvalue weighted by Gasteiger charge is 2.23. The molecule has 0 saturated heterocycles. The molecule has 0 aliphatic carbocycles. The molecule has 2 N–H and O–H groups in total. The quantitative estimate of drug-likeness (QED) is 0.352. The van der Waals surface area contributed by atoms with Crippen molar-refractivity contribution in [3.8, 4) is 5.75 Å². The van der Waals surface area contributed by atoms with Gasteiger partial charge in [-0.1, -0.05) is 0 Å². The first-order valence-corrected chi connectivity index (χ1v) is 4.10. The van der Waals surface area contributed by atoms with Gasteiger partial charge in [0.2, 0.25) is 5.75 Å². The minimum absolute atomic E-state index is 0.0479. The molecular formula is C9H10N2O4. The van der Waals surface area contributed by atoms with Crippen LogP contribution in [0.3, 0.4) is 0 Å². The minimum Gasteiger partial charge on any atom is -0.490 e. The number of nitrogens with two attached hydrogens (primary N) is 1.